The number of nitrogens with one attached hydrogen (secondary N) is 2. The lowest BCUT2D eigenvalue weighted by atomic mass is 10.2. The van der Waals surface area contributed by atoms with Crippen molar-refractivity contribution in [2.75, 3.05) is 10.6 Å². The van der Waals surface area contributed by atoms with Crippen molar-refractivity contribution in [1.82, 2.24) is 9.97 Å². The monoisotopic (exact) mass is 274 g/mol. The molecule has 0 fully saturated rings. The Hall–Kier alpha value is -3.16. The zero-order chi connectivity index (χ0) is 14.5. The second-order valence-corrected chi connectivity index (χ2v) is 3.71. The molecule has 0 unspecified atom stereocenters. The van der Waals surface area contributed by atoms with Gasteiger partial charge >= 0.3 is 12.0 Å². The first-order valence-corrected chi connectivity index (χ1v) is 5.46. The molecule has 0 aliphatic rings. The molecular weight excluding hydrogens is 264 g/mol. The van der Waals surface area contributed by atoms with Crippen LogP contribution in [0.1, 0.15) is 10.4 Å². The van der Waals surface area contributed by atoms with E-state index in [-0.39, 0.29) is 22.8 Å². The minimum Gasteiger partial charge on any atom is -0.507 e. The van der Waals surface area contributed by atoms with Crippen molar-refractivity contribution >= 4 is 23.5 Å². The summed E-state index contributed by atoms with van der Waals surface area (Å²) in [5.41, 5.74) is -0.0797. The Labute approximate surface area is 113 Å². The van der Waals surface area contributed by atoms with Crippen LogP contribution in [0.5, 0.6) is 5.75 Å². The highest BCUT2D eigenvalue weighted by atomic mass is 16.4. The quantitative estimate of drug-likeness (QED) is 0.629. The number of aromatic carboxylic acids is 1. The molecular formula is C12H10N4O4. The van der Waals surface area contributed by atoms with Gasteiger partial charge in [-0.2, -0.15) is 0 Å². The summed E-state index contributed by atoms with van der Waals surface area (Å²) < 4.78 is 0. The average molecular weight is 274 g/mol. The Morgan fingerprint density at radius 1 is 1.15 bits per heavy atom. The number of carboxylic acid groups (broad SMARTS) is 1. The minimum absolute atomic E-state index is 0.224. The first-order chi connectivity index (χ1) is 9.56. The number of carboxylic acids is 1. The third-order valence-corrected chi connectivity index (χ3v) is 2.29. The van der Waals surface area contributed by atoms with Crippen LogP contribution in [0.15, 0.2) is 36.8 Å². The second kappa shape index (κ2) is 5.65. The Morgan fingerprint density at radius 3 is 2.60 bits per heavy atom. The van der Waals surface area contributed by atoms with Crippen LogP contribution < -0.4 is 10.6 Å². The third kappa shape index (κ3) is 3.19. The third-order valence-electron chi connectivity index (χ3n) is 2.29. The van der Waals surface area contributed by atoms with Crippen molar-refractivity contribution in [3.05, 3.63) is 42.4 Å². The molecule has 0 aliphatic heterocycles. The lowest BCUT2D eigenvalue weighted by molar-refractivity contribution is 0.0693. The van der Waals surface area contributed by atoms with Crippen LogP contribution in [0.25, 0.3) is 0 Å². The van der Waals surface area contributed by atoms with E-state index in [1.54, 1.807) is 0 Å². The highest BCUT2D eigenvalue weighted by Gasteiger charge is 2.11. The number of hydrogen-bond acceptors (Lipinski definition) is 5. The summed E-state index contributed by atoms with van der Waals surface area (Å²) in [6.07, 6.45) is 4.24. The van der Waals surface area contributed by atoms with Gasteiger partial charge in [-0.15, -0.1) is 0 Å². The van der Waals surface area contributed by atoms with E-state index in [0.717, 1.165) is 6.07 Å². The molecule has 0 atom stereocenters. The molecule has 1 heterocycles. The van der Waals surface area contributed by atoms with Crippen LogP contribution in [-0.4, -0.2) is 32.2 Å². The normalized spacial score (nSPS) is 9.80. The van der Waals surface area contributed by atoms with Crippen LogP contribution in [0, 0.1) is 0 Å². The summed E-state index contributed by atoms with van der Waals surface area (Å²) in [6, 6.07) is 3.10. The number of carbonyl (C=O) groups excluding carboxylic acids is 1. The van der Waals surface area contributed by atoms with Crippen LogP contribution in [0.3, 0.4) is 0 Å². The number of anilines is 2. The van der Waals surface area contributed by atoms with E-state index in [9.17, 15) is 14.7 Å². The second-order valence-electron chi connectivity index (χ2n) is 3.71. The fourth-order valence-corrected chi connectivity index (χ4v) is 1.43. The van der Waals surface area contributed by atoms with E-state index in [1.807, 2.05) is 0 Å². The summed E-state index contributed by atoms with van der Waals surface area (Å²) in [4.78, 5) is 30.1. The van der Waals surface area contributed by atoms with Gasteiger partial charge in [0.25, 0.3) is 0 Å². The molecule has 0 saturated heterocycles. The maximum atomic E-state index is 11.6. The molecule has 2 aromatic rings. The zero-order valence-corrected chi connectivity index (χ0v) is 10.1. The van der Waals surface area contributed by atoms with Crippen molar-refractivity contribution in [3.63, 3.8) is 0 Å². The maximum Gasteiger partial charge on any atom is 0.339 e. The highest BCUT2D eigenvalue weighted by molar-refractivity contribution is 6.00. The largest absolute Gasteiger partial charge is 0.507 e. The molecule has 20 heavy (non-hydrogen) atoms. The number of phenols is 1. The molecule has 0 bridgehead atoms. The minimum atomic E-state index is -1.29. The van der Waals surface area contributed by atoms with Gasteiger partial charge in [-0.25, -0.2) is 14.6 Å². The summed E-state index contributed by atoms with van der Waals surface area (Å²) in [7, 11) is 0. The standard InChI is InChI=1S/C12H10N4O4/c17-9-2-1-7(5-8(9)11(18)19)15-12(20)16-10-6-13-3-4-14-10/h1-6,17H,(H,18,19)(H2,14,15,16,20). The molecule has 2 amide bonds. The summed E-state index contributed by atoms with van der Waals surface area (Å²) >= 11 is 0. The first-order valence-electron chi connectivity index (χ1n) is 5.46. The number of aromatic nitrogens is 2. The fourth-order valence-electron chi connectivity index (χ4n) is 1.43. The molecule has 4 N–H and O–H groups in total. The number of rotatable bonds is 3. The van der Waals surface area contributed by atoms with Gasteiger partial charge in [-0.3, -0.25) is 10.3 Å². The van der Waals surface area contributed by atoms with Crippen molar-refractivity contribution < 1.29 is 19.8 Å². The van der Waals surface area contributed by atoms with E-state index < -0.39 is 12.0 Å². The lowest BCUT2D eigenvalue weighted by Gasteiger charge is -2.08. The van der Waals surface area contributed by atoms with Gasteiger partial charge in [0.05, 0.1) is 6.20 Å². The number of amides is 2. The number of urea groups is 1. The predicted molar refractivity (Wildman–Crippen MR) is 69.7 cm³/mol. The Balaban J connectivity index is 2.08. The molecule has 1 aromatic carbocycles. The van der Waals surface area contributed by atoms with Gasteiger partial charge in [0, 0.05) is 18.1 Å². The summed E-state index contributed by atoms with van der Waals surface area (Å²) in [6.45, 7) is 0. The van der Waals surface area contributed by atoms with Gasteiger partial charge in [-0.1, -0.05) is 0 Å². The van der Waals surface area contributed by atoms with Gasteiger partial charge < -0.3 is 15.5 Å². The molecule has 0 aliphatic carbocycles. The van der Waals surface area contributed by atoms with Crippen LogP contribution in [-0.2, 0) is 0 Å². The van der Waals surface area contributed by atoms with E-state index in [2.05, 4.69) is 20.6 Å². The van der Waals surface area contributed by atoms with E-state index in [1.165, 1.54) is 30.7 Å². The summed E-state index contributed by atoms with van der Waals surface area (Å²) in [5, 5.41) is 23.0. The van der Waals surface area contributed by atoms with Gasteiger partial charge in [0.2, 0.25) is 0 Å². The molecule has 1 aromatic heterocycles. The van der Waals surface area contributed by atoms with Crippen LogP contribution >= 0.6 is 0 Å². The number of hydrogen-bond donors (Lipinski definition) is 4. The average Bonchev–Trinajstić information content (AvgIpc) is 2.41. The number of aromatic hydroxyl groups is 1. The van der Waals surface area contributed by atoms with E-state index in [4.69, 9.17) is 5.11 Å². The van der Waals surface area contributed by atoms with Crippen molar-refractivity contribution in [2.24, 2.45) is 0 Å². The molecule has 0 radical (unpaired) electrons. The Bertz CT molecular complexity index is 645. The Kier molecular flexibility index (Phi) is 3.75. The predicted octanol–water partition coefficient (Wildman–Crippen LogP) is 1.52. The smallest absolute Gasteiger partial charge is 0.339 e. The summed E-state index contributed by atoms with van der Waals surface area (Å²) in [5.74, 6) is -1.42. The van der Waals surface area contributed by atoms with E-state index in [0.29, 0.717) is 0 Å². The number of benzene rings is 1. The zero-order valence-electron chi connectivity index (χ0n) is 10.1. The molecule has 102 valence electrons. The van der Waals surface area contributed by atoms with E-state index >= 15 is 0 Å². The molecule has 2 rings (SSSR count). The van der Waals surface area contributed by atoms with Crippen LogP contribution in [0.4, 0.5) is 16.3 Å². The van der Waals surface area contributed by atoms with Gasteiger partial charge in [-0.05, 0) is 18.2 Å². The van der Waals surface area contributed by atoms with Crippen LogP contribution in [0.2, 0.25) is 0 Å². The highest BCUT2D eigenvalue weighted by Crippen LogP contribution is 2.21. The SMILES string of the molecule is O=C(Nc1ccc(O)c(C(=O)O)c1)Nc1cnccn1. The van der Waals surface area contributed by atoms with Crippen molar-refractivity contribution in [1.29, 1.82) is 0 Å². The first kappa shape index (κ1) is 13.3. The van der Waals surface area contributed by atoms with Crippen molar-refractivity contribution in [2.45, 2.75) is 0 Å². The fraction of sp³-hybridized carbons (Fsp3) is 0. The van der Waals surface area contributed by atoms with Gasteiger partial charge in [0.1, 0.15) is 11.3 Å². The maximum absolute atomic E-state index is 11.6. The number of nitrogens with zero attached hydrogens (tertiary/aromatic N) is 2. The number of carbonyl (C=O) groups is 2. The van der Waals surface area contributed by atoms with Gasteiger partial charge in [0.15, 0.2) is 5.82 Å². The molecule has 0 saturated carbocycles. The molecule has 0 spiro atoms. The molecule has 8 heteroatoms. The lowest BCUT2D eigenvalue weighted by Crippen LogP contribution is -2.20. The molecule has 8 nitrogen and oxygen atoms in total. The Morgan fingerprint density at radius 2 is 1.95 bits per heavy atom. The topological polar surface area (TPSA) is 124 Å². The van der Waals surface area contributed by atoms with Crippen molar-refractivity contribution in [3.8, 4) is 5.75 Å².